The van der Waals surface area contributed by atoms with E-state index in [9.17, 15) is 17.6 Å². The standard InChI is InChI=1S/C16H22FN3O3S/c17-14-3-5-15(6-4-14)24(22,23)20-11-9-19(10-12-20)16(21)13-18-7-1-2-8-18/h3-6H,1-2,7-13H2/p+1. The third kappa shape index (κ3) is 3.76. The molecular formula is C16H23FN3O3S+. The summed E-state index contributed by atoms with van der Waals surface area (Å²) < 4.78 is 39.4. The lowest BCUT2D eigenvalue weighted by Crippen LogP contribution is -3.11. The van der Waals surface area contributed by atoms with E-state index in [-0.39, 0.29) is 23.9 Å². The SMILES string of the molecule is O=C(C[NH+]1CCCC1)N1CCN(S(=O)(=O)c2ccc(F)cc2)CC1. The number of amides is 1. The highest BCUT2D eigenvalue weighted by Gasteiger charge is 2.31. The van der Waals surface area contributed by atoms with Crippen molar-refractivity contribution < 1.29 is 22.5 Å². The minimum Gasteiger partial charge on any atom is -0.335 e. The molecule has 0 saturated carbocycles. The molecule has 3 rings (SSSR count). The average molecular weight is 356 g/mol. The Bertz CT molecular complexity index is 679. The molecule has 2 saturated heterocycles. The van der Waals surface area contributed by atoms with Crippen LogP contribution in [-0.2, 0) is 14.8 Å². The molecule has 0 aliphatic carbocycles. The van der Waals surface area contributed by atoms with Crippen LogP contribution in [0.25, 0.3) is 0 Å². The van der Waals surface area contributed by atoms with Gasteiger partial charge >= 0.3 is 0 Å². The van der Waals surface area contributed by atoms with Gasteiger partial charge in [-0.25, -0.2) is 12.8 Å². The Balaban J connectivity index is 1.57. The van der Waals surface area contributed by atoms with Crippen LogP contribution in [0, 0.1) is 5.82 Å². The highest BCUT2D eigenvalue weighted by atomic mass is 32.2. The summed E-state index contributed by atoms with van der Waals surface area (Å²) in [5, 5.41) is 0. The van der Waals surface area contributed by atoms with Gasteiger partial charge in [-0.1, -0.05) is 0 Å². The summed E-state index contributed by atoms with van der Waals surface area (Å²) in [4.78, 5) is 15.5. The largest absolute Gasteiger partial charge is 0.335 e. The number of nitrogens with zero attached hydrogens (tertiary/aromatic N) is 2. The molecule has 24 heavy (non-hydrogen) atoms. The van der Waals surface area contributed by atoms with Gasteiger partial charge in [0, 0.05) is 39.0 Å². The van der Waals surface area contributed by atoms with E-state index in [0.29, 0.717) is 19.6 Å². The molecule has 2 fully saturated rings. The normalized spacial score (nSPS) is 20.5. The van der Waals surface area contributed by atoms with Crippen molar-refractivity contribution in [1.29, 1.82) is 0 Å². The molecule has 0 spiro atoms. The summed E-state index contributed by atoms with van der Waals surface area (Å²) >= 11 is 0. The van der Waals surface area contributed by atoms with E-state index in [0.717, 1.165) is 25.2 Å². The van der Waals surface area contributed by atoms with Crippen molar-refractivity contribution in [3.8, 4) is 0 Å². The molecule has 1 N–H and O–H groups in total. The van der Waals surface area contributed by atoms with E-state index in [1.54, 1.807) is 4.90 Å². The minimum atomic E-state index is -3.63. The summed E-state index contributed by atoms with van der Waals surface area (Å²) in [5.41, 5.74) is 0. The lowest BCUT2D eigenvalue weighted by molar-refractivity contribution is -0.879. The van der Waals surface area contributed by atoms with Gasteiger partial charge in [-0.05, 0) is 24.3 Å². The van der Waals surface area contributed by atoms with Crippen molar-refractivity contribution in [3.05, 3.63) is 30.1 Å². The number of carbonyl (C=O) groups is 1. The summed E-state index contributed by atoms with van der Waals surface area (Å²) in [6.45, 7) is 3.97. The van der Waals surface area contributed by atoms with Crippen LogP contribution >= 0.6 is 0 Å². The van der Waals surface area contributed by atoms with Gasteiger partial charge in [-0.3, -0.25) is 4.79 Å². The van der Waals surface area contributed by atoms with Crippen LogP contribution in [0.5, 0.6) is 0 Å². The van der Waals surface area contributed by atoms with Crippen LogP contribution < -0.4 is 4.90 Å². The molecule has 132 valence electrons. The van der Waals surface area contributed by atoms with Crippen molar-refractivity contribution in [2.45, 2.75) is 17.7 Å². The number of hydrogen-bond acceptors (Lipinski definition) is 3. The second-order valence-electron chi connectivity index (χ2n) is 6.37. The Morgan fingerprint density at radius 1 is 1.04 bits per heavy atom. The zero-order valence-corrected chi connectivity index (χ0v) is 14.4. The zero-order valence-electron chi connectivity index (χ0n) is 13.6. The van der Waals surface area contributed by atoms with Gasteiger partial charge in [0.2, 0.25) is 10.0 Å². The number of rotatable bonds is 4. The fourth-order valence-electron chi connectivity index (χ4n) is 3.31. The van der Waals surface area contributed by atoms with E-state index in [4.69, 9.17) is 0 Å². The number of sulfonamides is 1. The fraction of sp³-hybridized carbons (Fsp3) is 0.562. The van der Waals surface area contributed by atoms with Crippen LogP contribution in [-0.4, -0.2) is 69.3 Å². The maximum Gasteiger partial charge on any atom is 0.277 e. The molecule has 2 heterocycles. The number of benzene rings is 1. The number of halogens is 1. The van der Waals surface area contributed by atoms with Crippen LogP contribution in [0.3, 0.4) is 0 Å². The molecule has 1 amide bonds. The first kappa shape index (κ1) is 17.3. The van der Waals surface area contributed by atoms with Crippen molar-refractivity contribution in [1.82, 2.24) is 9.21 Å². The van der Waals surface area contributed by atoms with Gasteiger partial charge in [0.25, 0.3) is 5.91 Å². The van der Waals surface area contributed by atoms with Gasteiger partial charge in [0.1, 0.15) is 5.82 Å². The molecule has 2 aliphatic rings. The van der Waals surface area contributed by atoms with E-state index in [1.807, 2.05) is 0 Å². The van der Waals surface area contributed by atoms with Gasteiger partial charge in [0.15, 0.2) is 6.54 Å². The Labute approximate surface area is 141 Å². The molecule has 1 aromatic rings. The number of nitrogens with one attached hydrogen (secondary N) is 1. The van der Waals surface area contributed by atoms with Gasteiger partial charge in [-0.2, -0.15) is 4.31 Å². The molecule has 6 nitrogen and oxygen atoms in total. The Kier molecular flexibility index (Phi) is 5.17. The molecule has 2 aliphatic heterocycles. The van der Waals surface area contributed by atoms with Crippen molar-refractivity contribution >= 4 is 15.9 Å². The monoisotopic (exact) mass is 356 g/mol. The third-order valence-corrected chi connectivity index (χ3v) is 6.67. The predicted octanol–water partition coefficient (Wildman–Crippen LogP) is -0.663. The molecule has 1 aromatic carbocycles. The molecule has 0 atom stereocenters. The minimum absolute atomic E-state index is 0.0881. The van der Waals surface area contributed by atoms with Gasteiger partial charge in [0.05, 0.1) is 18.0 Å². The summed E-state index contributed by atoms with van der Waals surface area (Å²) in [6.07, 6.45) is 2.35. The summed E-state index contributed by atoms with van der Waals surface area (Å²) in [7, 11) is -3.63. The Morgan fingerprint density at radius 2 is 1.62 bits per heavy atom. The second-order valence-corrected chi connectivity index (χ2v) is 8.31. The summed E-state index contributed by atoms with van der Waals surface area (Å²) in [5.74, 6) is -0.362. The first-order chi connectivity index (χ1) is 11.5. The number of quaternary nitrogens is 1. The van der Waals surface area contributed by atoms with Gasteiger partial charge in [-0.15, -0.1) is 0 Å². The Hall–Kier alpha value is -1.51. The number of piperazine rings is 1. The topological polar surface area (TPSA) is 62.1 Å². The van der Waals surface area contributed by atoms with Crippen LogP contribution in [0.1, 0.15) is 12.8 Å². The van der Waals surface area contributed by atoms with Crippen LogP contribution in [0.4, 0.5) is 4.39 Å². The van der Waals surface area contributed by atoms with Gasteiger partial charge < -0.3 is 9.80 Å². The highest BCUT2D eigenvalue weighted by molar-refractivity contribution is 7.89. The number of carbonyl (C=O) groups excluding carboxylic acids is 1. The second kappa shape index (κ2) is 7.16. The maximum absolute atomic E-state index is 13.0. The highest BCUT2D eigenvalue weighted by Crippen LogP contribution is 2.18. The van der Waals surface area contributed by atoms with Crippen LogP contribution in [0.2, 0.25) is 0 Å². The predicted molar refractivity (Wildman–Crippen MR) is 86.5 cm³/mol. The Morgan fingerprint density at radius 3 is 2.21 bits per heavy atom. The zero-order chi connectivity index (χ0) is 17.2. The van der Waals surface area contributed by atoms with E-state index in [1.165, 1.54) is 34.2 Å². The van der Waals surface area contributed by atoms with E-state index < -0.39 is 15.8 Å². The first-order valence-electron chi connectivity index (χ1n) is 8.34. The lowest BCUT2D eigenvalue weighted by atomic mass is 10.3. The van der Waals surface area contributed by atoms with Crippen molar-refractivity contribution in [3.63, 3.8) is 0 Å². The van der Waals surface area contributed by atoms with Crippen molar-refractivity contribution in [2.24, 2.45) is 0 Å². The quantitative estimate of drug-likeness (QED) is 0.779. The van der Waals surface area contributed by atoms with Crippen molar-refractivity contribution in [2.75, 3.05) is 45.8 Å². The maximum atomic E-state index is 13.0. The smallest absolute Gasteiger partial charge is 0.277 e. The first-order valence-corrected chi connectivity index (χ1v) is 9.78. The number of hydrogen-bond donors (Lipinski definition) is 1. The lowest BCUT2D eigenvalue weighted by Gasteiger charge is -2.34. The number of likely N-dealkylation sites (tertiary alicyclic amines) is 1. The van der Waals surface area contributed by atoms with E-state index >= 15 is 0 Å². The molecular weight excluding hydrogens is 333 g/mol. The molecule has 0 bridgehead atoms. The molecule has 0 unspecified atom stereocenters. The molecule has 0 radical (unpaired) electrons. The fourth-order valence-corrected chi connectivity index (χ4v) is 4.73. The molecule has 0 aromatic heterocycles. The molecule has 8 heteroatoms. The van der Waals surface area contributed by atoms with Crippen LogP contribution in [0.15, 0.2) is 29.2 Å². The third-order valence-electron chi connectivity index (χ3n) is 4.75. The van der Waals surface area contributed by atoms with E-state index in [2.05, 4.69) is 0 Å². The average Bonchev–Trinajstić information content (AvgIpc) is 3.08. The summed E-state index contributed by atoms with van der Waals surface area (Å²) in [6, 6.07) is 4.84.